The van der Waals surface area contributed by atoms with Crippen molar-refractivity contribution in [2.24, 2.45) is 0 Å². The standard InChI is InChI=1S/C19H21FN4O2/c20-5-7-26-16-3-4-17-13(8-16)9-18(23-17)14-10-21-19(22-11-14)24-6-1-2-15(25)12-24/h3-4,8-11,15,23,25H,1-2,5-7,12H2. The lowest BCUT2D eigenvalue weighted by Gasteiger charge is -2.29. The molecule has 1 aliphatic heterocycles. The van der Waals surface area contributed by atoms with E-state index in [9.17, 15) is 9.50 Å². The van der Waals surface area contributed by atoms with Gasteiger partial charge < -0.3 is 19.7 Å². The molecule has 1 unspecified atom stereocenters. The number of alkyl halides is 1. The summed E-state index contributed by atoms with van der Waals surface area (Å²) in [5.41, 5.74) is 2.76. The van der Waals surface area contributed by atoms with Gasteiger partial charge in [0.15, 0.2) is 0 Å². The summed E-state index contributed by atoms with van der Waals surface area (Å²) in [4.78, 5) is 14.3. The van der Waals surface area contributed by atoms with Crippen LogP contribution in [0, 0.1) is 0 Å². The van der Waals surface area contributed by atoms with Crippen LogP contribution in [-0.4, -0.2) is 52.5 Å². The first-order chi connectivity index (χ1) is 12.7. The van der Waals surface area contributed by atoms with Gasteiger partial charge in [0.25, 0.3) is 0 Å². The first kappa shape index (κ1) is 16.8. The molecule has 3 aromatic rings. The Bertz CT molecular complexity index is 881. The third-order valence-electron chi connectivity index (χ3n) is 4.57. The molecule has 1 saturated heterocycles. The Morgan fingerprint density at radius 2 is 2.12 bits per heavy atom. The molecule has 3 heterocycles. The number of aliphatic hydroxyl groups excluding tert-OH is 1. The first-order valence-corrected chi connectivity index (χ1v) is 8.80. The number of aromatic amines is 1. The molecule has 4 rings (SSSR count). The molecule has 1 aromatic carbocycles. The summed E-state index contributed by atoms with van der Waals surface area (Å²) < 4.78 is 17.6. The summed E-state index contributed by atoms with van der Waals surface area (Å²) in [6.07, 6.45) is 5.04. The van der Waals surface area contributed by atoms with Crippen LogP contribution in [0.25, 0.3) is 22.2 Å². The van der Waals surface area contributed by atoms with Gasteiger partial charge in [-0.3, -0.25) is 0 Å². The van der Waals surface area contributed by atoms with E-state index in [1.165, 1.54) is 0 Å². The number of aliphatic hydroxyl groups is 1. The Morgan fingerprint density at radius 1 is 1.27 bits per heavy atom. The predicted molar refractivity (Wildman–Crippen MR) is 98.2 cm³/mol. The number of H-pyrrole nitrogens is 1. The molecule has 0 radical (unpaired) electrons. The van der Waals surface area contributed by atoms with E-state index < -0.39 is 6.67 Å². The van der Waals surface area contributed by atoms with E-state index in [2.05, 4.69) is 15.0 Å². The molecule has 1 fully saturated rings. The van der Waals surface area contributed by atoms with Crippen molar-refractivity contribution in [1.29, 1.82) is 0 Å². The second-order valence-corrected chi connectivity index (χ2v) is 6.48. The van der Waals surface area contributed by atoms with Gasteiger partial charge in [-0.25, -0.2) is 14.4 Å². The number of benzene rings is 1. The molecule has 0 spiro atoms. The monoisotopic (exact) mass is 356 g/mol. The number of rotatable bonds is 5. The Balaban J connectivity index is 1.55. The number of hydrogen-bond donors (Lipinski definition) is 2. The number of ether oxygens (including phenoxy) is 1. The highest BCUT2D eigenvalue weighted by molar-refractivity contribution is 5.86. The van der Waals surface area contributed by atoms with Gasteiger partial charge >= 0.3 is 0 Å². The molecule has 26 heavy (non-hydrogen) atoms. The van der Waals surface area contributed by atoms with Crippen molar-refractivity contribution in [3.05, 3.63) is 36.7 Å². The fourth-order valence-electron chi connectivity index (χ4n) is 3.27. The molecule has 1 atom stereocenters. The van der Waals surface area contributed by atoms with Crippen LogP contribution in [0.5, 0.6) is 5.75 Å². The van der Waals surface area contributed by atoms with Gasteiger partial charge in [0.2, 0.25) is 5.95 Å². The third kappa shape index (κ3) is 3.48. The predicted octanol–water partition coefficient (Wildman–Crippen LogP) is 2.93. The van der Waals surface area contributed by atoms with Gasteiger partial charge in [0.1, 0.15) is 19.0 Å². The Kier molecular flexibility index (Phi) is 4.71. The number of halogens is 1. The van der Waals surface area contributed by atoms with Crippen LogP contribution in [0.3, 0.4) is 0 Å². The average molecular weight is 356 g/mol. The van der Waals surface area contributed by atoms with E-state index in [1.807, 2.05) is 29.2 Å². The molecule has 136 valence electrons. The Morgan fingerprint density at radius 3 is 2.88 bits per heavy atom. The average Bonchev–Trinajstić information content (AvgIpc) is 3.10. The zero-order chi connectivity index (χ0) is 17.9. The second kappa shape index (κ2) is 7.29. The highest BCUT2D eigenvalue weighted by Gasteiger charge is 2.19. The van der Waals surface area contributed by atoms with Gasteiger partial charge in [-0.15, -0.1) is 0 Å². The van der Waals surface area contributed by atoms with E-state index in [0.29, 0.717) is 18.2 Å². The van der Waals surface area contributed by atoms with E-state index in [0.717, 1.165) is 41.5 Å². The highest BCUT2D eigenvalue weighted by atomic mass is 19.1. The van der Waals surface area contributed by atoms with Crippen LogP contribution in [0.2, 0.25) is 0 Å². The van der Waals surface area contributed by atoms with Crippen molar-refractivity contribution < 1.29 is 14.2 Å². The molecule has 0 amide bonds. The van der Waals surface area contributed by atoms with Gasteiger partial charge in [-0.1, -0.05) is 0 Å². The maximum atomic E-state index is 12.2. The van der Waals surface area contributed by atoms with Gasteiger partial charge in [0.05, 0.1) is 6.10 Å². The van der Waals surface area contributed by atoms with Gasteiger partial charge in [-0.2, -0.15) is 0 Å². The Hall–Kier alpha value is -2.67. The number of hydrogen-bond acceptors (Lipinski definition) is 5. The minimum Gasteiger partial charge on any atom is -0.491 e. The summed E-state index contributed by atoms with van der Waals surface area (Å²) in [6, 6.07) is 7.62. The van der Waals surface area contributed by atoms with Crippen LogP contribution >= 0.6 is 0 Å². The molecule has 1 aliphatic rings. The summed E-state index contributed by atoms with van der Waals surface area (Å²) in [6.45, 7) is 0.995. The normalized spacial score (nSPS) is 17.6. The van der Waals surface area contributed by atoms with E-state index in [1.54, 1.807) is 12.4 Å². The van der Waals surface area contributed by atoms with Crippen LogP contribution in [0.4, 0.5) is 10.3 Å². The van der Waals surface area contributed by atoms with E-state index in [-0.39, 0.29) is 12.7 Å². The maximum Gasteiger partial charge on any atom is 0.225 e. The number of nitrogens with zero attached hydrogens (tertiary/aromatic N) is 3. The molecule has 2 N–H and O–H groups in total. The second-order valence-electron chi connectivity index (χ2n) is 6.48. The number of piperidine rings is 1. The number of anilines is 1. The Labute approximate surface area is 150 Å². The SMILES string of the molecule is OC1CCCN(c2ncc(-c3cc4cc(OCCF)ccc4[nH]3)cn2)C1. The molecular weight excluding hydrogens is 335 g/mol. The highest BCUT2D eigenvalue weighted by Crippen LogP contribution is 2.27. The number of fused-ring (bicyclic) bond motifs is 1. The molecule has 0 saturated carbocycles. The van der Waals surface area contributed by atoms with Gasteiger partial charge in [-0.05, 0) is 37.1 Å². The molecule has 6 nitrogen and oxygen atoms in total. The summed E-state index contributed by atoms with van der Waals surface area (Å²) in [5, 5.41) is 10.8. The summed E-state index contributed by atoms with van der Waals surface area (Å²) in [7, 11) is 0. The van der Waals surface area contributed by atoms with Crippen molar-refractivity contribution in [3.8, 4) is 17.0 Å². The molecular formula is C19H21FN4O2. The van der Waals surface area contributed by atoms with E-state index >= 15 is 0 Å². The number of aromatic nitrogens is 3. The topological polar surface area (TPSA) is 74.3 Å². The van der Waals surface area contributed by atoms with Crippen LogP contribution < -0.4 is 9.64 Å². The van der Waals surface area contributed by atoms with Crippen molar-refractivity contribution in [1.82, 2.24) is 15.0 Å². The molecule has 2 aromatic heterocycles. The number of β-amino-alcohol motifs (C(OH)–C–C–N with tert-alkyl or cyclic N) is 1. The van der Waals surface area contributed by atoms with Crippen molar-refractivity contribution >= 4 is 16.9 Å². The largest absolute Gasteiger partial charge is 0.491 e. The lowest BCUT2D eigenvalue weighted by atomic mass is 10.1. The zero-order valence-electron chi connectivity index (χ0n) is 14.4. The van der Waals surface area contributed by atoms with Crippen LogP contribution in [-0.2, 0) is 0 Å². The lowest BCUT2D eigenvalue weighted by molar-refractivity contribution is 0.153. The van der Waals surface area contributed by atoms with Crippen molar-refractivity contribution in [2.45, 2.75) is 18.9 Å². The smallest absolute Gasteiger partial charge is 0.225 e. The fraction of sp³-hybridized carbons (Fsp3) is 0.368. The summed E-state index contributed by atoms with van der Waals surface area (Å²) in [5.74, 6) is 1.29. The van der Waals surface area contributed by atoms with Gasteiger partial charge in [0, 0.05) is 47.6 Å². The minimum absolute atomic E-state index is 0.0588. The summed E-state index contributed by atoms with van der Waals surface area (Å²) >= 11 is 0. The van der Waals surface area contributed by atoms with Crippen LogP contribution in [0.15, 0.2) is 36.7 Å². The quantitative estimate of drug-likeness (QED) is 0.735. The lowest BCUT2D eigenvalue weighted by Crippen LogP contribution is -2.39. The number of nitrogens with one attached hydrogen (secondary N) is 1. The minimum atomic E-state index is -0.506. The first-order valence-electron chi connectivity index (χ1n) is 8.80. The van der Waals surface area contributed by atoms with Crippen molar-refractivity contribution in [2.75, 3.05) is 31.3 Å². The molecule has 0 aliphatic carbocycles. The molecule has 7 heteroatoms. The maximum absolute atomic E-state index is 12.2. The van der Waals surface area contributed by atoms with Crippen molar-refractivity contribution in [3.63, 3.8) is 0 Å². The van der Waals surface area contributed by atoms with E-state index in [4.69, 9.17) is 4.74 Å². The molecule has 0 bridgehead atoms. The zero-order valence-corrected chi connectivity index (χ0v) is 14.4. The van der Waals surface area contributed by atoms with Crippen LogP contribution in [0.1, 0.15) is 12.8 Å². The fourth-order valence-corrected chi connectivity index (χ4v) is 3.27. The third-order valence-corrected chi connectivity index (χ3v) is 4.57.